The maximum Gasteiger partial charge on any atom is 0.319 e. The lowest BCUT2D eigenvalue weighted by atomic mass is 9.96. The Morgan fingerprint density at radius 2 is 2.10 bits per heavy atom. The lowest BCUT2D eigenvalue weighted by Crippen LogP contribution is -2.39. The number of aryl methyl sites for hydroxylation is 1. The Bertz CT molecular complexity index is 615. The van der Waals surface area contributed by atoms with Crippen LogP contribution in [0.2, 0.25) is 0 Å². The summed E-state index contributed by atoms with van der Waals surface area (Å²) in [6, 6.07) is 3.84. The van der Waals surface area contributed by atoms with Crippen molar-refractivity contribution in [2.24, 2.45) is 0 Å². The Kier molecular flexibility index (Phi) is 3.54. The van der Waals surface area contributed by atoms with Gasteiger partial charge in [0.15, 0.2) is 5.65 Å². The van der Waals surface area contributed by atoms with Crippen molar-refractivity contribution < 1.29 is 4.79 Å². The van der Waals surface area contributed by atoms with Gasteiger partial charge in [-0.15, -0.1) is 0 Å². The molecule has 0 atom stereocenters. The van der Waals surface area contributed by atoms with Gasteiger partial charge < -0.3 is 10.6 Å². The minimum atomic E-state index is -0.145. The summed E-state index contributed by atoms with van der Waals surface area (Å²) in [5, 5.41) is 10.1. The first-order valence-electron chi connectivity index (χ1n) is 7.11. The van der Waals surface area contributed by atoms with E-state index < -0.39 is 0 Å². The van der Waals surface area contributed by atoms with Gasteiger partial charge in [0.2, 0.25) is 0 Å². The predicted molar refractivity (Wildman–Crippen MR) is 76.8 cm³/mol. The molecule has 1 aliphatic rings. The van der Waals surface area contributed by atoms with Crippen molar-refractivity contribution in [2.75, 3.05) is 5.32 Å². The number of carbonyl (C=O) groups is 1. The van der Waals surface area contributed by atoms with E-state index >= 15 is 0 Å². The third-order valence-electron chi connectivity index (χ3n) is 3.64. The maximum atomic E-state index is 12.0. The summed E-state index contributed by atoms with van der Waals surface area (Å²) in [4.78, 5) is 16.2. The van der Waals surface area contributed by atoms with Gasteiger partial charge in [0.25, 0.3) is 0 Å². The molecule has 2 N–H and O–H groups in total. The van der Waals surface area contributed by atoms with E-state index in [1.54, 1.807) is 10.7 Å². The molecule has 6 nitrogen and oxygen atoms in total. The van der Waals surface area contributed by atoms with Gasteiger partial charge in [-0.2, -0.15) is 5.10 Å². The van der Waals surface area contributed by atoms with E-state index in [0.29, 0.717) is 11.9 Å². The van der Waals surface area contributed by atoms with Crippen molar-refractivity contribution >= 4 is 17.4 Å². The number of nitrogens with one attached hydrogen (secondary N) is 2. The summed E-state index contributed by atoms with van der Waals surface area (Å²) in [5.74, 6) is 0.716. The molecule has 0 bridgehead atoms. The molecule has 2 aromatic heterocycles. The molecule has 0 aromatic carbocycles. The van der Waals surface area contributed by atoms with Gasteiger partial charge in [-0.25, -0.2) is 14.3 Å². The first kappa shape index (κ1) is 12.9. The number of hydrogen-bond donors (Lipinski definition) is 2. The molecule has 0 aliphatic heterocycles. The molecule has 20 heavy (non-hydrogen) atoms. The molecule has 6 heteroatoms. The molecule has 0 spiro atoms. The summed E-state index contributed by atoms with van der Waals surface area (Å²) in [6.07, 6.45) is 7.62. The molecule has 0 unspecified atom stereocenters. The van der Waals surface area contributed by atoms with Crippen molar-refractivity contribution in [3.8, 4) is 0 Å². The third-order valence-corrected chi connectivity index (χ3v) is 3.64. The van der Waals surface area contributed by atoms with Gasteiger partial charge >= 0.3 is 6.03 Å². The van der Waals surface area contributed by atoms with Crippen LogP contribution in [0.15, 0.2) is 18.3 Å². The average Bonchev–Trinajstić information content (AvgIpc) is 2.79. The second-order valence-corrected chi connectivity index (χ2v) is 5.31. The number of aromatic nitrogens is 3. The zero-order chi connectivity index (χ0) is 13.9. The zero-order valence-electron chi connectivity index (χ0n) is 11.6. The Morgan fingerprint density at radius 1 is 1.30 bits per heavy atom. The topological polar surface area (TPSA) is 71.3 Å². The molecular weight excluding hydrogens is 254 g/mol. The molecule has 3 rings (SSSR count). The van der Waals surface area contributed by atoms with Crippen LogP contribution in [-0.4, -0.2) is 26.7 Å². The Labute approximate surface area is 117 Å². The van der Waals surface area contributed by atoms with Crippen molar-refractivity contribution in [3.63, 3.8) is 0 Å². The summed E-state index contributed by atoms with van der Waals surface area (Å²) in [6.45, 7) is 1.84. The quantitative estimate of drug-likeness (QED) is 0.883. The largest absolute Gasteiger partial charge is 0.335 e. The summed E-state index contributed by atoms with van der Waals surface area (Å²) < 4.78 is 1.67. The van der Waals surface area contributed by atoms with Gasteiger partial charge in [0.05, 0.1) is 11.9 Å². The number of carbonyl (C=O) groups excluding carboxylic acids is 1. The van der Waals surface area contributed by atoms with Crippen molar-refractivity contribution in [1.82, 2.24) is 19.9 Å². The normalized spacial score (nSPS) is 16.2. The Morgan fingerprint density at radius 3 is 2.90 bits per heavy atom. The van der Waals surface area contributed by atoms with Crippen LogP contribution >= 0.6 is 0 Å². The second-order valence-electron chi connectivity index (χ2n) is 5.31. The van der Waals surface area contributed by atoms with Gasteiger partial charge in [-0.05, 0) is 31.9 Å². The highest BCUT2D eigenvalue weighted by Crippen LogP contribution is 2.17. The fourth-order valence-electron chi connectivity index (χ4n) is 2.67. The first-order valence-corrected chi connectivity index (χ1v) is 7.11. The minimum absolute atomic E-state index is 0.145. The van der Waals surface area contributed by atoms with Crippen LogP contribution in [-0.2, 0) is 0 Å². The molecule has 2 aromatic rings. The first-order chi connectivity index (χ1) is 9.70. The molecule has 0 saturated heterocycles. The van der Waals surface area contributed by atoms with Crippen LogP contribution < -0.4 is 10.6 Å². The molecular formula is C14H19N5O. The number of amides is 2. The molecule has 1 saturated carbocycles. The van der Waals surface area contributed by atoms with Crippen molar-refractivity contribution in [2.45, 2.75) is 45.1 Å². The molecule has 1 fully saturated rings. The molecule has 1 aliphatic carbocycles. The maximum absolute atomic E-state index is 12.0. The summed E-state index contributed by atoms with van der Waals surface area (Å²) in [7, 11) is 0. The van der Waals surface area contributed by atoms with E-state index in [9.17, 15) is 4.79 Å². The highest BCUT2D eigenvalue weighted by atomic mass is 16.2. The van der Waals surface area contributed by atoms with Gasteiger partial charge in [0.1, 0.15) is 5.82 Å². The SMILES string of the molecule is Cc1nc2ccc(NC(=O)NC3CCCCC3)cn2n1. The van der Waals surface area contributed by atoms with Crippen LogP contribution in [0.4, 0.5) is 10.5 Å². The van der Waals surface area contributed by atoms with Gasteiger partial charge in [-0.3, -0.25) is 0 Å². The van der Waals surface area contributed by atoms with E-state index in [2.05, 4.69) is 20.7 Å². The average molecular weight is 273 g/mol. The van der Waals surface area contributed by atoms with Crippen LogP contribution in [0, 0.1) is 6.92 Å². The van der Waals surface area contributed by atoms with Crippen LogP contribution in [0.5, 0.6) is 0 Å². The van der Waals surface area contributed by atoms with E-state index in [1.165, 1.54) is 19.3 Å². The predicted octanol–water partition coefficient (Wildman–Crippen LogP) is 2.49. The Hall–Kier alpha value is -2.11. The second kappa shape index (κ2) is 5.48. The lowest BCUT2D eigenvalue weighted by molar-refractivity contribution is 0.244. The third kappa shape index (κ3) is 2.89. The molecule has 2 heterocycles. The lowest BCUT2D eigenvalue weighted by Gasteiger charge is -2.22. The van der Waals surface area contributed by atoms with Crippen molar-refractivity contribution in [1.29, 1.82) is 0 Å². The zero-order valence-corrected chi connectivity index (χ0v) is 11.6. The molecule has 106 valence electrons. The van der Waals surface area contributed by atoms with Gasteiger partial charge in [-0.1, -0.05) is 19.3 Å². The van der Waals surface area contributed by atoms with Crippen LogP contribution in [0.1, 0.15) is 37.9 Å². The van der Waals surface area contributed by atoms with Crippen LogP contribution in [0.3, 0.4) is 0 Å². The van der Waals surface area contributed by atoms with Crippen molar-refractivity contribution in [3.05, 3.63) is 24.2 Å². The monoisotopic (exact) mass is 273 g/mol. The van der Waals surface area contributed by atoms with E-state index in [-0.39, 0.29) is 6.03 Å². The van der Waals surface area contributed by atoms with E-state index in [0.717, 1.165) is 24.2 Å². The number of anilines is 1. The highest BCUT2D eigenvalue weighted by molar-refractivity contribution is 5.89. The summed E-state index contributed by atoms with van der Waals surface area (Å²) >= 11 is 0. The number of urea groups is 1. The number of hydrogen-bond acceptors (Lipinski definition) is 3. The number of pyridine rings is 1. The molecule has 0 radical (unpaired) electrons. The fraction of sp³-hybridized carbons (Fsp3) is 0.500. The smallest absolute Gasteiger partial charge is 0.319 e. The number of nitrogens with zero attached hydrogens (tertiary/aromatic N) is 3. The number of rotatable bonds is 2. The fourth-order valence-corrected chi connectivity index (χ4v) is 2.67. The standard InChI is InChI=1S/C14H19N5O/c1-10-15-13-8-7-12(9-19(13)18-10)17-14(20)16-11-5-3-2-4-6-11/h7-9,11H,2-6H2,1H3,(H2,16,17,20). The Balaban J connectivity index is 1.64. The molecule has 2 amide bonds. The minimum Gasteiger partial charge on any atom is -0.335 e. The van der Waals surface area contributed by atoms with Gasteiger partial charge in [0, 0.05) is 6.04 Å². The van der Waals surface area contributed by atoms with E-state index in [4.69, 9.17) is 0 Å². The highest BCUT2D eigenvalue weighted by Gasteiger charge is 2.15. The van der Waals surface area contributed by atoms with E-state index in [1.807, 2.05) is 19.1 Å². The summed E-state index contributed by atoms with van der Waals surface area (Å²) in [5.41, 5.74) is 1.50. The number of fused-ring (bicyclic) bond motifs is 1. The van der Waals surface area contributed by atoms with Crippen LogP contribution in [0.25, 0.3) is 5.65 Å².